The van der Waals surface area contributed by atoms with Gasteiger partial charge in [-0.1, -0.05) is 27.7 Å². The number of amides is 1. The molecule has 0 aromatic heterocycles. The molecule has 0 aliphatic rings. The molecule has 1 amide bonds. The van der Waals surface area contributed by atoms with Gasteiger partial charge < -0.3 is 15.4 Å². The van der Waals surface area contributed by atoms with Crippen LogP contribution in [0.4, 0.5) is 0 Å². The van der Waals surface area contributed by atoms with Crippen LogP contribution in [-0.4, -0.2) is 58.2 Å². The summed E-state index contributed by atoms with van der Waals surface area (Å²) in [7, 11) is -3.12. The van der Waals surface area contributed by atoms with Crippen LogP contribution in [0.5, 0.6) is 0 Å². The molecule has 0 rings (SSSR count). The molecule has 0 saturated heterocycles. The molecule has 0 aliphatic heterocycles. The zero-order valence-electron chi connectivity index (χ0n) is 15.1. The van der Waals surface area contributed by atoms with Crippen molar-refractivity contribution in [3.8, 4) is 0 Å². The Morgan fingerprint density at radius 1 is 1.04 bits per heavy atom. The van der Waals surface area contributed by atoms with E-state index in [1.54, 1.807) is 0 Å². The molecule has 0 aromatic rings. The lowest BCUT2D eigenvalue weighted by Crippen LogP contribution is -2.33. The van der Waals surface area contributed by atoms with Gasteiger partial charge in [-0.15, -0.1) is 0 Å². The molecule has 0 bridgehead atoms. The average molecular weight is 351 g/mol. The molecule has 7 heteroatoms. The summed E-state index contributed by atoms with van der Waals surface area (Å²) in [5.74, 6) is 0.595. The van der Waals surface area contributed by atoms with Crippen molar-refractivity contribution in [2.75, 3.05) is 37.8 Å². The van der Waals surface area contributed by atoms with Gasteiger partial charge >= 0.3 is 0 Å². The molecule has 0 saturated carbocycles. The fourth-order valence-corrected chi connectivity index (χ4v) is 2.84. The number of rotatable bonds is 14. The predicted molar refractivity (Wildman–Crippen MR) is 94.3 cm³/mol. The average Bonchev–Trinajstić information content (AvgIpc) is 2.41. The Kier molecular flexibility index (Phi) is 12.4. The summed E-state index contributed by atoms with van der Waals surface area (Å²) < 4.78 is 29.0. The number of carbonyl (C=O) groups excluding carboxylic acids is 1. The van der Waals surface area contributed by atoms with Crippen molar-refractivity contribution < 1.29 is 17.9 Å². The van der Waals surface area contributed by atoms with Crippen LogP contribution in [-0.2, 0) is 19.4 Å². The monoisotopic (exact) mass is 350 g/mol. The van der Waals surface area contributed by atoms with Crippen LogP contribution in [0.2, 0.25) is 0 Å². The molecule has 2 N–H and O–H groups in total. The van der Waals surface area contributed by atoms with Crippen LogP contribution in [0.3, 0.4) is 0 Å². The van der Waals surface area contributed by atoms with E-state index in [0.717, 1.165) is 13.0 Å². The van der Waals surface area contributed by atoms with Crippen molar-refractivity contribution in [1.82, 2.24) is 10.6 Å². The highest BCUT2D eigenvalue weighted by Gasteiger charge is 2.11. The molecule has 0 radical (unpaired) electrons. The third kappa shape index (κ3) is 16.0. The Balaban J connectivity index is 3.61. The van der Waals surface area contributed by atoms with E-state index in [9.17, 15) is 13.2 Å². The van der Waals surface area contributed by atoms with Gasteiger partial charge in [0.25, 0.3) is 0 Å². The van der Waals surface area contributed by atoms with Gasteiger partial charge in [-0.2, -0.15) is 0 Å². The fraction of sp³-hybridized carbons (Fsp3) is 0.938. The van der Waals surface area contributed by atoms with E-state index in [1.165, 1.54) is 0 Å². The van der Waals surface area contributed by atoms with Crippen LogP contribution in [0.15, 0.2) is 0 Å². The predicted octanol–water partition coefficient (Wildman–Crippen LogP) is 1.36. The molecule has 23 heavy (non-hydrogen) atoms. The van der Waals surface area contributed by atoms with Gasteiger partial charge in [0, 0.05) is 38.8 Å². The van der Waals surface area contributed by atoms with E-state index in [-0.39, 0.29) is 30.0 Å². The second-order valence-electron chi connectivity index (χ2n) is 6.51. The van der Waals surface area contributed by atoms with Gasteiger partial charge in [-0.3, -0.25) is 4.79 Å². The maximum absolute atomic E-state index is 11.8. The molecule has 138 valence electrons. The fourth-order valence-electron chi connectivity index (χ4n) is 1.80. The van der Waals surface area contributed by atoms with E-state index in [2.05, 4.69) is 24.5 Å². The maximum atomic E-state index is 11.8. The first-order chi connectivity index (χ1) is 10.7. The Bertz CT molecular complexity index is 408. The highest BCUT2D eigenvalue weighted by Crippen LogP contribution is 2.00. The zero-order chi connectivity index (χ0) is 17.7. The third-order valence-electron chi connectivity index (χ3n) is 3.23. The molecule has 0 aromatic carbocycles. The first-order valence-corrected chi connectivity index (χ1v) is 10.3. The first kappa shape index (κ1) is 22.3. The number of ether oxygens (including phenoxy) is 1. The van der Waals surface area contributed by atoms with Crippen LogP contribution in [0.1, 0.15) is 47.0 Å². The minimum absolute atomic E-state index is 0.0105. The first-order valence-electron chi connectivity index (χ1n) is 8.51. The van der Waals surface area contributed by atoms with Gasteiger partial charge in [0.15, 0.2) is 9.84 Å². The Labute approximate surface area is 141 Å². The standard InChI is InChI=1S/C16H34N2O4S/c1-14(2)7-11-22-10-5-6-16(19)18-9-13-23(20,21)12-8-17-15(3)4/h14-15,17H,5-13H2,1-4H3,(H,18,19). The minimum Gasteiger partial charge on any atom is -0.381 e. The van der Waals surface area contributed by atoms with E-state index < -0.39 is 9.84 Å². The molecule has 0 unspecified atom stereocenters. The Morgan fingerprint density at radius 2 is 1.70 bits per heavy atom. The van der Waals surface area contributed by atoms with Gasteiger partial charge in [0.05, 0.1) is 11.5 Å². The summed E-state index contributed by atoms with van der Waals surface area (Å²) in [6, 6.07) is 0.271. The number of hydrogen-bond donors (Lipinski definition) is 2. The Hall–Kier alpha value is -0.660. The number of sulfone groups is 1. The lowest BCUT2D eigenvalue weighted by atomic mass is 10.1. The van der Waals surface area contributed by atoms with E-state index in [4.69, 9.17) is 4.74 Å². The van der Waals surface area contributed by atoms with Crippen molar-refractivity contribution in [2.24, 2.45) is 5.92 Å². The van der Waals surface area contributed by atoms with Crippen molar-refractivity contribution in [3.05, 3.63) is 0 Å². The van der Waals surface area contributed by atoms with Gasteiger partial charge in [-0.25, -0.2) is 8.42 Å². The number of nitrogens with one attached hydrogen (secondary N) is 2. The SMILES string of the molecule is CC(C)CCOCCCC(=O)NCCS(=O)(=O)CCNC(C)C. The molecule has 0 heterocycles. The zero-order valence-corrected chi connectivity index (χ0v) is 15.9. The highest BCUT2D eigenvalue weighted by atomic mass is 32.2. The molecule has 0 spiro atoms. The number of hydrogen-bond acceptors (Lipinski definition) is 5. The lowest BCUT2D eigenvalue weighted by Gasteiger charge is -2.09. The summed E-state index contributed by atoms with van der Waals surface area (Å²) in [6.45, 7) is 10.1. The van der Waals surface area contributed by atoms with E-state index >= 15 is 0 Å². The quantitative estimate of drug-likeness (QED) is 0.462. The molecular weight excluding hydrogens is 316 g/mol. The van der Waals surface area contributed by atoms with Gasteiger partial charge in [0.2, 0.25) is 5.91 Å². The summed E-state index contributed by atoms with van der Waals surface area (Å²) in [5, 5.41) is 5.72. The summed E-state index contributed by atoms with van der Waals surface area (Å²) in [5.41, 5.74) is 0. The summed E-state index contributed by atoms with van der Waals surface area (Å²) in [4.78, 5) is 11.6. The second kappa shape index (κ2) is 12.7. The molecule has 0 fully saturated rings. The van der Waals surface area contributed by atoms with Gasteiger partial charge in [0.1, 0.15) is 0 Å². The highest BCUT2D eigenvalue weighted by molar-refractivity contribution is 7.91. The van der Waals surface area contributed by atoms with Gasteiger partial charge in [-0.05, 0) is 18.8 Å². The minimum atomic E-state index is -3.12. The molecule has 6 nitrogen and oxygen atoms in total. The molecule has 0 atom stereocenters. The summed E-state index contributed by atoms with van der Waals surface area (Å²) in [6.07, 6.45) is 2.06. The lowest BCUT2D eigenvalue weighted by molar-refractivity contribution is -0.121. The topological polar surface area (TPSA) is 84.5 Å². The molecular formula is C16H34N2O4S. The number of carbonyl (C=O) groups is 1. The van der Waals surface area contributed by atoms with E-state index in [0.29, 0.717) is 31.9 Å². The summed E-state index contributed by atoms with van der Waals surface area (Å²) >= 11 is 0. The third-order valence-corrected chi connectivity index (χ3v) is 4.89. The van der Waals surface area contributed by atoms with Crippen LogP contribution in [0, 0.1) is 5.92 Å². The van der Waals surface area contributed by atoms with Crippen molar-refractivity contribution in [1.29, 1.82) is 0 Å². The van der Waals surface area contributed by atoms with Crippen molar-refractivity contribution >= 4 is 15.7 Å². The smallest absolute Gasteiger partial charge is 0.220 e. The second-order valence-corrected chi connectivity index (χ2v) is 8.81. The van der Waals surface area contributed by atoms with Crippen molar-refractivity contribution in [2.45, 2.75) is 53.0 Å². The van der Waals surface area contributed by atoms with Crippen LogP contribution < -0.4 is 10.6 Å². The van der Waals surface area contributed by atoms with E-state index in [1.807, 2.05) is 13.8 Å². The largest absolute Gasteiger partial charge is 0.381 e. The Morgan fingerprint density at radius 3 is 2.30 bits per heavy atom. The maximum Gasteiger partial charge on any atom is 0.220 e. The van der Waals surface area contributed by atoms with Crippen LogP contribution in [0.25, 0.3) is 0 Å². The van der Waals surface area contributed by atoms with Crippen LogP contribution >= 0.6 is 0 Å². The van der Waals surface area contributed by atoms with Crippen molar-refractivity contribution in [3.63, 3.8) is 0 Å². The molecule has 0 aliphatic carbocycles. The normalized spacial score (nSPS) is 12.1.